The number of carboxylic acids is 1. The van der Waals surface area contributed by atoms with Gasteiger partial charge in [-0.1, -0.05) is 54.6 Å². The molecule has 4 aromatic carbocycles. The molecule has 0 aliphatic heterocycles. The van der Waals surface area contributed by atoms with Crippen molar-refractivity contribution in [1.29, 1.82) is 0 Å². The average molecular weight is 604 g/mol. The van der Waals surface area contributed by atoms with Crippen LogP contribution in [0, 0.1) is 0 Å². The van der Waals surface area contributed by atoms with Crippen LogP contribution in [0.25, 0.3) is 11.1 Å². The lowest BCUT2D eigenvalue weighted by molar-refractivity contribution is -0.138. The third-order valence-corrected chi connectivity index (χ3v) is 6.80. The number of rotatable bonds is 13. The van der Waals surface area contributed by atoms with Gasteiger partial charge in [-0.25, -0.2) is 9.78 Å². The summed E-state index contributed by atoms with van der Waals surface area (Å²) in [5, 5.41) is 15.9. The van der Waals surface area contributed by atoms with E-state index in [1.807, 2.05) is 24.3 Å². The fourth-order valence-electron chi connectivity index (χ4n) is 4.66. The number of fused-ring (bicyclic) bond motifs is 1. The van der Waals surface area contributed by atoms with E-state index >= 15 is 0 Å². The molecule has 3 N–H and O–H groups in total. The highest BCUT2D eigenvalue weighted by Crippen LogP contribution is 2.34. The van der Waals surface area contributed by atoms with Gasteiger partial charge in [0.05, 0.1) is 12.1 Å². The number of oxazole rings is 1. The van der Waals surface area contributed by atoms with E-state index in [4.69, 9.17) is 9.15 Å². The van der Waals surface area contributed by atoms with E-state index in [0.29, 0.717) is 36.9 Å². The zero-order valence-corrected chi connectivity index (χ0v) is 23.3. The predicted octanol–water partition coefficient (Wildman–Crippen LogP) is 6.35. The molecule has 0 spiro atoms. The minimum atomic E-state index is -4.72. The third-order valence-electron chi connectivity index (χ3n) is 6.80. The Bertz CT molecular complexity index is 1720. The number of carboxylic acid groups (broad SMARTS) is 1. The third kappa shape index (κ3) is 7.42. The number of ketones is 1. The highest BCUT2D eigenvalue weighted by atomic mass is 19.4. The molecule has 0 bridgehead atoms. The van der Waals surface area contributed by atoms with E-state index in [9.17, 15) is 27.9 Å². The molecule has 226 valence electrons. The Balaban J connectivity index is 1.17. The molecule has 5 rings (SSSR count). The molecule has 0 aliphatic carbocycles. The Morgan fingerprint density at radius 3 is 2.30 bits per heavy atom. The summed E-state index contributed by atoms with van der Waals surface area (Å²) in [4.78, 5) is 29.7. The first-order valence-electron chi connectivity index (χ1n) is 13.8. The zero-order chi connectivity index (χ0) is 31.1. The topological polar surface area (TPSA) is 114 Å². The van der Waals surface area contributed by atoms with Gasteiger partial charge in [-0.15, -0.1) is 0 Å². The molecule has 0 amide bonds. The van der Waals surface area contributed by atoms with Crippen LogP contribution in [0.2, 0.25) is 0 Å². The maximum absolute atomic E-state index is 13.5. The van der Waals surface area contributed by atoms with Crippen LogP contribution >= 0.6 is 0 Å². The first kappa shape index (κ1) is 30.3. The number of nitrogens with zero attached hydrogens (tertiary/aromatic N) is 1. The Kier molecular flexibility index (Phi) is 9.25. The molecule has 44 heavy (non-hydrogen) atoms. The fraction of sp³-hybridized carbons (Fsp3) is 0.182. The van der Waals surface area contributed by atoms with Crippen LogP contribution in [0.3, 0.4) is 0 Å². The van der Waals surface area contributed by atoms with E-state index in [1.54, 1.807) is 30.3 Å². The van der Waals surface area contributed by atoms with E-state index in [1.165, 1.54) is 30.3 Å². The standard InChI is InChI=1S/C33H28F3N3O5/c34-33(35,36)25-9-3-1-7-23(25)31(40)24-8-2-4-10-26(24)38-28(32(41)42)19-21-13-15-22(16-14-21)43-18-17-37-20-30-39-27-11-5-6-12-29(27)44-30/h1-16,28,37-38H,17-20H2,(H,41,42). The number of para-hydroxylation sites is 3. The summed E-state index contributed by atoms with van der Waals surface area (Å²) in [6, 6.07) is 23.7. The van der Waals surface area contributed by atoms with Gasteiger partial charge in [-0.3, -0.25) is 4.79 Å². The summed E-state index contributed by atoms with van der Waals surface area (Å²) in [5.74, 6) is -0.880. The molecule has 1 atom stereocenters. The van der Waals surface area contributed by atoms with Gasteiger partial charge in [0, 0.05) is 29.8 Å². The van der Waals surface area contributed by atoms with E-state index in [0.717, 1.165) is 23.2 Å². The number of halogens is 3. The van der Waals surface area contributed by atoms with E-state index < -0.39 is 35.1 Å². The lowest BCUT2D eigenvalue weighted by Gasteiger charge is -2.19. The molecular weight excluding hydrogens is 575 g/mol. The molecular formula is C33H28F3N3O5. The number of alkyl halides is 3. The maximum atomic E-state index is 13.5. The fourth-order valence-corrected chi connectivity index (χ4v) is 4.66. The van der Waals surface area contributed by atoms with Crippen LogP contribution in [0.5, 0.6) is 5.75 Å². The summed E-state index contributed by atoms with van der Waals surface area (Å²) in [5.41, 5.74) is 0.679. The summed E-state index contributed by atoms with van der Waals surface area (Å²) < 4.78 is 52.1. The normalized spacial score (nSPS) is 12.2. The molecule has 0 saturated heterocycles. The van der Waals surface area contributed by atoms with Gasteiger partial charge in [-0.05, 0) is 48.0 Å². The van der Waals surface area contributed by atoms with Gasteiger partial charge in [-0.2, -0.15) is 13.2 Å². The largest absolute Gasteiger partial charge is 0.492 e. The van der Waals surface area contributed by atoms with Crippen LogP contribution in [-0.4, -0.2) is 41.0 Å². The van der Waals surface area contributed by atoms with Crippen molar-refractivity contribution >= 4 is 28.5 Å². The number of nitrogens with one attached hydrogen (secondary N) is 2. The molecule has 11 heteroatoms. The van der Waals surface area contributed by atoms with E-state index in [2.05, 4.69) is 15.6 Å². The molecule has 0 saturated carbocycles. The molecule has 1 unspecified atom stereocenters. The minimum absolute atomic E-state index is 0.0450. The molecule has 0 fully saturated rings. The second-order valence-electron chi connectivity index (χ2n) is 9.90. The predicted molar refractivity (Wildman–Crippen MR) is 158 cm³/mol. The van der Waals surface area contributed by atoms with Crippen molar-refractivity contribution in [2.75, 3.05) is 18.5 Å². The molecule has 0 aliphatic rings. The smallest absolute Gasteiger partial charge is 0.417 e. The van der Waals surface area contributed by atoms with Crippen molar-refractivity contribution in [3.8, 4) is 5.75 Å². The second-order valence-corrected chi connectivity index (χ2v) is 9.90. The van der Waals surface area contributed by atoms with Crippen LogP contribution in [0.4, 0.5) is 18.9 Å². The van der Waals surface area contributed by atoms with Gasteiger partial charge in [0.15, 0.2) is 11.4 Å². The highest BCUT2D eigenvalue weighted by molar-refractivity contribution is 6.13. The quantitative estimate of drug-likeness (QED) is 0.105. The van der Waals surface area contributed by atoms with Crippen LogP contribution in [-0.2, 0) is 23.9 Å². The van der Waals surface area contributed by atoms with Crippen molar-refractivity contribution in [2.24, 2.45) is 0 Å². The summed E-state index contributed by atoms with van der Waals surface area (Å²) >= 11 is 0. The maximum Gasteiger partial charge on any atom is 0.417 e. The first-order valence-corrected chi connectivity index (χ1v) is 13.8. The Morgan fingerprint density at radius 2 is 1.57 bits per heavy atom. The number of hydrogen-bond donors (Lipinski definition) is 3. The number of hydrogen-bond acceptors (Lipinski definition) is 7. The summed E-state index contributed by atoms with van der Waals surface area (Å²) in [7, 11) is 0. The Morgan fingerprint density at radius 1 is 0.886 bits per heavy atom. The van der Waals surface area contributed by atoms with Crippen LogP contribution < -0.4 is 15.4 Å². The Hall–Kier alpha value is -5.16. The lowest BCUT2D eigenvalue weighted by Crippen LogP contribution is -2.32. The lowest BCUT2D eigenvalue weighted by atomic mass is 9.96. The minimum Gasteiger partial charge on any atom is -0.492 e. The Labute approximate surface area is 250 Å². The van der Waals surface area contributed by atoms with Gasteiger partial charge < -0.3 is 24.9 Å². The van der Waals surface area contributed by atoms with Crippen LogP contribution in [0.15, 0.2) is 101 Å². The highest BCUT2D eigenvalue weighted by Gasteiger charge is 2.35. The van der Waals surface area contributed by atoms with E-state index in [-0.39, 0.29) is 17.7 Å². The molecule has 8 nitrogen and oxygen atoms in total. The molecule has 1 heterocycles. The first-order chi connectivity index (χ1) is 21.2. The molecule has 1 aromatic heterocycles. The second kappa shape index (κ2) is 13.4. The van der Waals surface area contributed by atoms with Crippen molar-refractivity contribution in [3.05, 3.63) is 125 Å². The number of ether oxygens (including phenoxy) is 1. The van der Waals surface area contributed by atoms with Gasteiger partial charge in [0.25, 0.3) is 0 Å². The number of carbonyl (C=O) groups is 2. The van der Waals surface area contributed by atoms with Crippen molar-refractivity contribution < 1.29 is 37.0 Å². The van der Waals surface area contributed by atoms with Gasteiger partial charge >= 0.3 is 12.1 Å². The average Bonchev–Trinajstić information content (AvgIpc) is 3.44. The monoisotopic (exact) mass is 603 g/mol. The SMILES string of the molecule is O=C(c1ccccc1NC(Cc1ccc(OCCNCc2nc3ccccc3o2)cc1)C(=O)O)c1ccccc1C(F)(F)F. The number of benzene rings is 4. The summed E-state index contributed by atoms with van der Waals surface area (Å²) in [6.45, 7) is 1.36. The van der Waals surface area contributed by atoms with Crippen molar-refractivity contribution in [1.82, 2.24) is 10.3 Å². The summed E-state index contributed by atoms with van der Waals surface area (Å²) in [6.07, 6.45) is -4.68. The van der Waals surface area contributed by atoms with Crippen molar-refractivity contribution in [2.45, 2.75) is 25.2 Å². The zero-order valence-electron chi connectivity index (χ0n) is 23.3. The molecule has 0 radical (unpaired) electrons. The number of aliphatic carboxylic acids is 1. The van der Waals surface area contributed by atoms with Crippen molar-refractivity contribution in [3.63, 3.8) is 0 Å². The number of anilines is 1. The molecule has 5 aromatic rings. The van der Waals surface area contributed by atoms with Gasteiger partial charge in [0.1, 0.15) is 23.9 Å². The van der Waals surface area contributed by atoms with Gasteiger partial charge in [0.2, 0.25) is 5.89 Å². The van der Waals surface area contributed by atoms with Crippen LogP contribution in [0.1, 0.15) is 32.9 Å². The number of carbonyl (C=O) groups excluding carboxylic acids is 1. The number of aromatic nitrogens is 1.